The van der Waals surface area contributed by atoms with E-state index in [1.165, 1.54) is 82.1 Å². The van der Waals surface area contributed by atoms with Crippen molar-refractivity contribution in [2.75, 3.05) is 0 Å². The van der Waals surface area contributed by atoms with Gasteiger partial charge in [0.25, 0.3) is 0 Å². The highest BCUT2D eigenvalue weighted by molar-refractivity contribution is 6.20. The first-order valence-corrected chi connectivity index (χ1v) is 16.7. The number of fused-ring (bicyclic) bond motifs is 11. The fourth-order valence-electron chi connectivity index (χ4n) is 9.22. The quantitative estimate of drug-likeness (QED) is 0.183. The Kier molecular flexibility index (Phi) is 5.36. The maximum Gasteiger partial charge on any atom is 0.136 e. The molecule has 0 saturated carbocycles. The molecule has 10 rings (SSSR count). The molecule has 3 aliphatic carbocycles. The molecular weight excluding hydrogens is 556 g/mol. The van der Waals surface area contributed by atoms with Gasteiger partial charge >= 0.3 is 0 Å². The molecule has 0 aliphatic heterocycles. The van der Waals surface area contributed by atoms with Gasteiger partial charge in [0.15, 0.2) is 0 Å². The third kappa shape index (κ3) is 3.46. The van der Waals surface area contributed by atoms with Crippen LogP contribution in [0.25, 0.3) is 65.4 Å². The minimum Gasteiger partial charge on any atom is -0.456 e. The third-order valence-corrected chi connectivity index (χ3v) is 11.1. The smallest absolute Gasteiger partial charge is 0.136 e. The molecule has 0 radical (unpaired) electrons. The predicted octanol–water partition coefficient (Wildman–Crippen LogP) is 12.6. The monoisotopic (exact) mass is 590 g/mol. The lowest BCUT2D eigenvalue weighted by atomic mass is 9.75. The van der Waals surface area contributed by atoms with Crippen LogP contribution < -0.4 is 0 Å². The van der Waals surface area contributed by atoms with Gasteiger partial charge in [0.05, 0.1) is 0 Å². The highest BCUT2D eigenvalue weighted by atomic mass is 16.3. The molecule has 0 amide bonds. The molecule has 3 aliphatic rings. The summed E-state index contributed by atoms with van der Waals surface area (Å²) in [5, 5.41) is 10.5. The molecule has 0 saturated heterocycles. The van der Waals surface area contributed by atoms with Crippen LogP contribution in [0.15, 0.2) is 137 Å². The number of rotatable bonds is 2. The molecule has 46 heavy (non-hydrogen) atoms. The van der Waals surface area contributed by atoms with E-state index in [4.69, 9.17) is 4.42 Å². The van der Waals surface area contributed by atoms with Gasteiger partial charge in [-0.15, -0.1) is 0 Å². The average molecular weight is 591 g/mol. The number of para-hydroxylation sites is 1. The van der Waals surface area contributed by atoms with Crippen LogP contribution in [0.4, 0.5) is 0 Å². The molecule has 1 atom stereocenters. The molecule has 1 unspecified atom stereocenters. The first-order valence-electron chi connectivity index (χ1n) is 16.7. The number of furan rings is 1. The summed E-state index contributed by atoms with van der Waals surface area (Å²) in [6.07, 6.45) is 14.9. The van der Waals surface area contributed by atoms with Crippen LogP contribution in [-0.4, -0.2) is 0 Å². The summed E-state index contributed by atoms with van der Waals surface area (Å²) in [5.41, 5.74) is 12.0. The largest absolute Gasteiger partial charge is 0.456 e. The van der Waals surface area contributed by atoms with Crippen molar-refractivity contribution in [3.63, 3.8) is 0 Å². The van der Waals surface area contributed by atoms with E-state index >= 15 is 0 Å². The second-order valence-corrected chi connectivity index (χ2v) is 13.9. The predicted molar refractivity (Wildman–Crippen MR) is 195 cm³/mol. The second-order valence-electron chi connectivity index (χ2n) is 13.9. The van der Waals surface area contributed by atoms with Gasteiger partial charge in [-0.3, -0.25) is 0 Å². The summed E-state index contributed by atoms with van der Waals surface area (Å²) < 4.78 is 6.28. The van der Waals surface area contributed by atoms with E-state index in [2.05, 4.69) is 141 Å². The molecule has 7 aromatic rings. The van der Waals surface area contributed by atoms with Crippen molar-refractivity contribution < 1.29 is 4.42 Å². The van der Waals surface area contributed by atoms with Crippen LogP contribution in [0.5, 0.6) is 0 Å². The van der Waals surface area contributed by atoms with E-state index in [1.54, 1.807) is 0 Å². The average Bonchev–Trinajstić information content (AvgIpc) is 3.59. The zero-order valence-electron chi connectivity index (χ0n) is 26.2. The Balaban J connectivity index is 1.18. The summed E-state index contributed by atoms with van der Waals surface area (Å²) in [6, 6.07) is 35.9. The van der Waals surface area contributed by atoms with Gasteiger partial charge in [-0.05, 0) is 97.1 Å². The summed E-state index contributed by atoms with van der Waals surface area (Å²) in [4.78, 5) is 0. The molecule has 1 heterocycles. The van der Waals surface area contributed by atoms with E-state index < -0.39 is 0 Å². The summed E-state index contributed by atoms with van der Waals surface area (Å²) in [6.45, 7) is 4.86. The Morgan fingerprint density at radius 3 is 1.93 bits per heavy atom. The van der Waals surface area contributed by atoms with Gasteiger partial charge in [0.1, 0.15) is 11.2 Å². The first kappa shape index (κ1) is 26.1. The van der Waals surface area contributed by atoms with E-state index in [0.717, 1.165) is 30.4 Å². The Labute approximate surface area is 268 Å². The van der Waals surface area contributed by atoms with Crippen molar-refractivity contribution in [1.29, 1.82) is 0 Å². The molecule has 0 fully saturated rings. The van der Waals surface area contributed by atoms with E-state index in [9.17, 15) is 0 Å². The van der Waals surface area contributed by atoms with Crippen molar-refractivity contribution in [2.24, 2.45) is 0 Å². The van der Waals surface area contributed by atoms with Crippen molar-refractivity contribution in [1.82, 2.24) is 0 Å². The van der Waals surface area contributed by atoms with Crippen LogP contribution in [-0.2, 0) is 5.41 Å². The third-order valence-electron chi connectivity index (χ3n) is 11.1. The Morgan fingerprint density at radius 1 is 0.587 bits per heavy atom. The summed E-state index contributed by atoms with van der Waals surface area (Å²) in [5.74, 6) is 0.356. The SMILES string of the molecule is CC1(C)C2=CC=C(c3c4ccccc4c(C4=CC=CCC4)c4ccccc34)CC2c2ccc3c(ccc4oc5ccccc5c43)c21. The maximum atomic E-state index is 6.28. The van der Waals surface area contributed by atoms with Crippen molar-refractivity contribution in [3.05, 3.63) is 155 Å². The molecule has 1 aromatic heterocycles. The molecule has 1 nitrogen and oxygen atoms in total. The van der Waals surface area contributed by atoms with E-state index in [1.807, 2.05) is 0 Å². The Hall–Kier alpha value is -5.14. The highest BCUT2D eigenvalue weighted by Crippen LogP contribution is 2.58. The fourth-order valence-corrected chi connectivity index (χ4v) is 9.22. The topological polar surface area (TPSA) is 13.1 Å². The van der Waals surface area contributed by atoms with E-state index in [-0.39, 0.29) is 5.41 Å². The molecule has 0 N–H and O–H groups in total. The van der Waals surface area contributed by atoms with Crippen LogP contribution >= 0.6 is 0 Å². The first-order chi connectivity index (χ1) is 22.6. The van der Waals surface area contributed by atoms with Crippen LogP contribution in [0.2, 0.25) is 0 Å². The lowest BCUT2D eigenvalue weighted by molar-refractivity contribution is 0.618. The Morgan fingerprint density at radius 2 is 1.24 bits per heavy atom. The standard InChI is InChI=1S/C45H34O/c1-45(2)38-24-20-28(42-31-16-8-6-14-29(31)41(27-12-4-3-5-13-27)30-15-7-9-17-32(30)42)26-37(38)35-22-21-33-34(44(35)45)23-25-40-43(33)36-18-10-11-19-39(36)46-40/h3-4,6-12,14-25,37H,5,13,26H2,1-2H3. The van der Waals surface area contributed by atoms with Crippen LogP contribution in [0.3, 0.4) is 0 Å². The molecule has 0 spiro atoms. The van der Waals surface area contributed by atoms with Gasteiger partial charge in [-0.2, -0.15) is 0 Å². The number of hydrogen-bond acceptors (Lipinski definition) is 1. The van der Waals surface area contributed by atoms with Gasteiger partial charge in [-0.1, -0.05) is 135 Å². The van der Waals surface area contributed by atoms with Crippen molar-refractivity contribution >= 4 is 65.4 Å². The highest BCUT2D eigenvalue weighted by Gasteiger charge is 2.44. The minimum absolute atomic E-state index is 0.0658. The normalized spacial score (nSPS) is 18.7. The maximum absolute atomic E-state index is 6.28. The fraction of sp³-hybridized carbons (Fsp3) is 0.156. The zero-order valence-corrected chi connectivity index (χ0v) is 26.2. The Bertz CT molecular complexity index is 2520. The van der Waals surface area contributed by atoms with Crippen LogP contribution in [0, 0.1) is 0 Å². The zero-order chi connectivity index (χ0) is 30.6. The van der Waals surface area contributed by atoms with Crippen molar-refractivity contribution in [3.8, 4) is 0 Å². The van der Waals surface area contributed by atoms with Gasteiger partial charge in [0, 0.05) is 22.1 Å². The molecule has 0 bridgehead atoms. The second kappa shape index (κ2) is 9.44. The molecule has 220 valence electrons. The lowest BCUT2D eigenvalue weighted by Gasteiger charge is -2.29. The number of benzene rings is 6. The minimum atomic E-state index is -0.0658. The number of allylic oxidation sites excluding steroid dienone is 8. The van der Waals surface area contributed by atoms with E-state index in [0.29, 0.717) is 5.92 Å². The number of hydrogen-bond donors (Lipinski definition) is 0. The van der Waals surface area contributed by atoms with Gasteiger partial charge in [0.2, 0.25) is 0 Å². The lowest BCUT2D eigenvalue weighted by Crippen LogP contribution is -2.18. The van der Waals surface area contributed by atoms with Crippen molar-refractivity contribution in [2.45, 2.75) is 44.4 Å². The molecular formula is C45H34O. The van der Waals surface area contributed by atoms with Gasteiger partial charge < -0.3 is 4.42 Å². The summed E-state index contributed by atoms with van der Waals surface area (Å²) >= 11 is 0. The molecule has 1 heteroatoms. The van der Waals surface area contributed by atoms with Gasteiger partial charge in [-0.25, -0.2) is 0 Å². The van der Waals surface area contributed by atoms with Crippen LogP contribution in [0.1, 0.15) is 61.3 Å². The molecule has 6 aromatic carbocycles. The summed E-state index contributed by atoms with van der Waals surface area (Å²) in [7, 11) is 0.